The minimum Gasteiger partial charge on any atom is -0.395 e. The molecule has 0 aromatic heterocycles. The Morgan fingerprint density at radius 3 is 2.33 bits per heavy atom. The number of amides is 1. The number of anilines is 1. The molecule has 0 bridgehead atoms. The van der Waals surface area contributed by atoms with Crippen LogP contribution in [0.1, 0.15) is 70.3 Å². The summed E-state index contributed by atoms with van der Waals surface area (Å²) in [6.45, 7) is 3.52. The topological polar surface area (TPSA) is 60.8 Å². The maximum Gasteiger partial charge on any atom is 0.275 e. The van der Waals surface area contributed by atoms with Gasteiger partial charge in [0.05, 0.1) is 23.5 Å². The average molecular weight is 422 g/mol. The van der Waals surface area contributed by atoms with Crippen molar-refractivity contribution in [1.29, 1.82) is 0 Å². The Labute approximate surface area is 177 Å². The van der Waals surface area contributed by atoms with Gasteiger partial charge < -0.3 is 15.1 Å². The van der Waals surface area contributed by atoms with Gasteiger partial charge in [-0.1, -0.05) is 31.6 Å². The molecule has 0 radical (unpaired) electrons. The second kappa shape index (κ2) is 8.75. The lowest BCUT2D eigenvalue weighted by Crippen LogP contribution is -2.43. The van der Waals surface area contributed by atoms with Crippen LogP contribution in [0.15, 0.2) is 36.4 Å². The number of carbonyl (C=O) groups is 1. The van der Waals surface area contributed by atoms with Gasteiger partial charge in [0.25, 0.3) is 5.92 Å². The van der Waals surface area contributed by atoms with Crippen molar-refractivity contribution in [3.05, 3.63) is 42.0 Å². The minimum absolute atomic E-state index is 0.0757. The first-order chi connectivity index (χ1) is 14.2. The molecule has 1 spiro atoms. The van der Waals surface area contributed by atoms with E-state index in [1.54, 1.807) is 29.2 Å². The Bertz CT molecular complexity index is 767. The molecule has 2 fully saturated rings. The van der Waals surface area contributed by atoms with Gasteiger partial charge in [-0.25, -0.2) is 8.78 Å². The monoisotopic (exact) mass is 421 g/mol. The number of nitrogens with zero attached hydrogens (tertiary/aromatic N) is 1. The first-order valence-electron chi connectivity index (χ1n) is 11.0. The molecular weight excluding hydrogens is 388 g/mol. The van der Waals surface area contributed by atoms with Gasteiger partial charge in [0.1, 0.15) is 0 Å². The zero-order valence-electron chi connectivity index (χ0n) is 17.9. The quantitative estimate of drug-likeness (QED) is 0.622. The minimum atomic E-state index is -3.14. The second-order valence-electron chi connectivity index (χ2n) is 8.96. The molecule has 2 aliphatic rings. The molecule has 166 valence electrons. The number of rotatable bonds is 7. The van der Waals surface area contributed by atoms with Crippen LogP contribution in [0, 0.1) is 5.41 Å². The van der Waals surface area contributed by atoms with Gasteiger partial charge in [-0.05, 0) is 69.2 Å². The van der Waals surface area contributed by atoms with E-state index in [0.717, 1.165) is 25.3 Å². The lowest BCUT2D eigenvalue weighted by molar-refractivity contribution is -0.130. The summed E-state index contributed by atoms with van der Waals surface area (Å²) in [5.41, 5.74) is -0.0213. The van der Waals surface area contributed by atoms with Crippen molar-refractivity contribution < 1.29 is 23.8 Å². The molecule has 30 heavy (non-hydrogen) atoms. The summed E-state index contributed by atoms with van der Waals surface area (Å²) in [4.78, 5) is 15.0. The first kappa shape index (κ1) is 22.9. The highest BCUT2D eigenvalue weighted by Crippen LogP contribution is 2.49. The lowest BCUT2D eigenvalue weighted by Gasteiger charge is -2.41. The predicted octanol–water partition coefficient (Wildman–Crippen LogP) is 4.80. The van der Waals surface area contributed by atoms with Crippen molar-refractivity contribution >= 4 is 11.6 Å². The third-order valence-electron chi connectivity index (χ3n) is 7.01. The number of halogens is 2. The van der Waals surface area contributed by atoms with E-state index in [4.69, 9.17) is 0 Å². The van der Waals surface area contributed by atoms with Gasteiger partial charge in [0.15, 0.2) is 0 Å². The van der Waals surface area contributed by atoms with E-state index in [-0.39, 0.29) is 5.91 Å². The molecular formula is C24H33F2NO3. The van der Waals surface area contributed by atoms with Crippen LogP contribution in [0.2, 0.25) is 0 Å². The van der Waals surface area contributed by atoms with Crippen LogP contribution in [0.3, 0.4) is 0 Å². The molecule has 3 rings (SSSR count). The molecule has 4 nitrogen and oxygen atoms in total. The van der Waals surface area contributed by atoms with Crippen LogP contribution in [0.4, 0.5) is 14.5 Å². The Kier molecular flexibility index (Phi) is 6.68. The Morgan fingerprint density at radius 2 is 1.80 bits per heavy atom. The number of aliphatic hydroxyl groups excluding tert-OH is 1. The van der Waals surface area contributed by atoms with Crippen LogP contribution in [0.25, 0.3) is 0 Å². The van der Waals surface area contributed by atoms with E-state index in [0.29, 0.717) is 43.5 Å². The molecule has 2 N–H and O–H groups in total. The van der Waals surface area contributed by atoms with E-state index in [1.807, 2.05) is 0 Å². The standard InChI is InChI=1S/C24H33F2NO3/c1-3-9-23(30)13-11-22(12-14-23)15-16-27(21(22)29)19-7-5-18(6-8-19)20(17-28)24(25,26)10-4-2/h4-8,10,20,28,30H,3,9,11-17H2,1-2H3. The molecule has 1 aromatic carbocycles. The highest BCUT2D eigenvalue weighted by Gasteiger charge is 2.51. The molecule has 1 amide bonds. The summed E-state index contributed by atoms with van der Waals surface area (Å²) in [7, 11) is 0. The number of aliphatic hydroxyl groups is 2. The SMILES string of the molecule is CC=CC(F)(F)C(CO)c1ccc(N2CCC3(CCC(O)(CCC)CC3)C2=O)cc1. The van der Waals surface area contributed by atoms with Gasteiger partial charge in [-0.15, -0.1) is 0 Å². The van der Waals surface area contributed by atoms with Crippen LogP contribution in [-0.4, -0.2) is 40.8 Å². The number of alkyl halides is 2. The van der Waals surface area contributed by atoms with E-state index >= 15 is 0 Å². The fraction of sp³-hybridized carbons (Fsp3) is 0.625. The van der Waals surface area contributed by atoms with Crippen molar-refractivity contribution in [3.8, 4) is 0 Å². The van der Waals surface area contributed by atoms with Crippen LogP contribution >= 0.6 is 0 Å². The lowest BCUT2D eigenvalue weighted by atomic mass is 9.67. The summed E-state index contributed by atoms with van der Waals surface area (Å²) in [5.74, 6) is -4.39. The number of hydrogen-bond acceptors (Lipinski definition) is 3. The van der Waals surface area contributed by atoms with Crippen LogP contribution < -0.4 is 4.90 Å². The van der Waals surface area contributed by atoms with Gasteiger partial charge in [0, 0.05) is 12.2 Å². The zero-order chi connectivity index (χ0) is 22.0. The molecule has 1 heterocycles. The number of benzene rings is 1. The van der Waals surface area contributed by atoms with Gasteiger partial charge in [-0.3, -0.25) is 4.79 Å². The molecule has 1 saturated carbocycles. The molecule has 1 saturated heterocycles. The molecule has 1 aliphatic carbocycles. The first-order valence-corrected chi connectivity index (χ1v) is 11.0. The summed E-state index contributed by atoms with van der Waals surface area (Å²) in [5, 5.41) is 20.2. The molecule has 6 heteroatoms. The Balaban J connectivity index is 1.73. The number of carbonyl (C=O) groups excluding carboxylic acids is 1. The zero-order valence-corrected chi connectivity index (χ0v) is 17.9. The van der Waals surface area contributed by atoms with Crippen molar-refractivity contribution in [1.82, 2.24) is 0 Å². The maximum absolute atomic E-state index is 14.3. The van der Waals surface area contributed by atoms with Crippen LogP contribution in [-0.2, 0) is 4.79 Å². The molecule has 1 aromatic rings. The normalized spacial score (nSPS) is 28.6. The molecule has 1 aliphatic heterocycles. The van der Waals surface area contributed by atoms with Crippen molar-refractivity contribution in [3.63, 3.8) is 0 Å². The third kappa shape index (κ3) is 4.30. The number of allylic oxidation sites excluding steroid dienone is 2. The van der Waals surface area contributed by atoms with Crippen molar-refractivity contribution in [2.75, 3.05) is 18.1 Å². The summed E-state index contributed by atoms with van der Waals surface area (Å²) in [6, 6.07) is 6.54. The highest BCUT2D eigenvalue weighted by atomic mass is 19.3. The smallest absolute Gasteiger partial charge is 0.275 e. The van der Waals surface area contributed by atoms with E-state index in [1.165, 1.54) is 13.0 Å². The Hall–Kier alpha value is -1.79. The predicted molar refractivity (Wildman–Crippen MR) is 114 cm³/mol. The van der Waals surface area contributed by atoms with E-state index in [2.05, 4.69) is 6.92 Å². The fourth-order valence-electron chi connectivity index (χ4n) is 5.11. The van der Waals surface area contributed by atoms with E-state index in [9.17, 15) is 23.8 Å². The van der Waals surface area contributed by atoms with Gasteiger partial charge in [-0.2, -0.15) is 0 Å². The third-order valence-corrected chi connectivity index (χ3v) is 7.01. The summed E-state index contributed by atoms with van der Waals surface area (Å²) < 4.78 is 28.5. The van der Waals surface area contributed by atoms with Gasteiger partial charge >= 0.3 is 0 Å². The Morgan fingerprint density at radius 1 is 1.17 bits per heavy atom. The van der Waals surface area contributed by atoms with Crippen molar-refractivity contribution in [2.24, 2.45) is 5.41 Å². The highest BCUT2D eigenvalue weighted by molar-refractivity contribution is 6.00. The van der Waals surface area contributed by atoms with Crippen LogP contribution in [0.5, 0.6) is 0 Å². The average Bonchev–Trinajstić information content (AvgIpc) is 3.02. The summed E-state index contributed by atoms with van der Waals surface area (Å²) in [6.07, 6.45) is 7.23. The second-order valence-corrected chi connectivity index (χ2v) is 8.96. The van der Waals surface area contributed by atoms with Crippen molar-refractivity contribution in [2.45, 2.75) is 76.2 Å². The number of hydrogen-bond donors (Lipinski definition) is 2. The maximum atomic E-state index is 14.3. The largest absolute Gasteiger partial charge is 0.395 e. The van der Waals surface area contributed by atoms with E-state index < -0.39 is 29.5 Å². The molecule has 1 atom stereocenters. The molecule has 1 unspecified atom stereocenters. The van der Waals surface area contributed by atoms with Gasteiger partial charge in [0.2, 0.25) is 5.91 Å². The fourth-order valence-corrected chi connectivity index (χ4v) is 5.11. The summed E-state index contributed by atoms with van der Waals surface area (Å²) >= 11 is 0.